The van der Waals surface area contributed by atoms with E-state index in [-0.39, 0.29) is 12.4 Å². The van der Waals surface area contributed by atoms with Gasteiger partial charge in [-0.05, 0) is 61.7 Å². The Morgan fingerprint density at radius 2 is 1.61 bits per heavy atom. The zero-order chi connectivity index (χ0) is 25.9. The van der Waals surface area contributed by atoms with Crippen molar-refractivity contribution in [1.82, 2.24) is 4.98 Å². The van der Waals surface area contributed by atoms with Gasteiger partial charge in [-0.15, -0.1) is 13.2 Å². The van der Waals surface area contributed by atoms with Crippen molar-refractivity contribution in [2.24, 2.45) is 0 Å². The van der Waals surface area contributed by atoms with Gasteiger partial charge in [0.1, 0.15) is 11.5 Å². The smallest absolute Gasteiger partial charge is 0.434 e. The molecule has 3 aromatic carbocycles. The molecule has 0 amide bonds. The molecule has 0 spiro atoms. The van der Waals surface area contributed by atoms with Crippen LogP contribution in [0.5, 0.6) is 11.5 Å². The number of hydrogen-bond acceptors (Lipinski definition) is 5. The van der Waals surface area contributed by atoms with Crippen molar-refractivity contribution in [2.45, 2.75) is 26.6 Å². The molecule has 5 nitrogen and oxygen atoms in total. The van der Waals surface area contributed by atoms with Crippen molar-refractivity contribution in [2.75, 3.05) is 6.61 Å². The normalized spacial score (nSPS) is 11.4. The Kier molecular flexibility index (Phi) is 7.35. The summed E-state index contributed by atoms with van der Waals surface area (Å²) in [6.07, 6.45) is -5.02. The monoisotopic (exact) mass is 515 g/mol. The van der Waals surface area contributed by atoms with Gasteiger partial charge < -0.3 is 14.2 Å². The van der Waals surface area contributed by atoms with Gasteiger partial charge in [-0.1, -0.05) is 48.0 Å². The molecule has 0 aliphatic heterocycles. The van der Waals surface area contributed by atoms with Crippen LogP contribution in [0.4, 0.5) is 18.0 Å². The maximum atomic E-state index is 12.4. The van der Waals surface area contributed by atoms with Gasteiger partial charge in [0.05, 0.1) is 17.8 Å². The van der Waals surface area contributed by atoms with Gasteiger partial charge in [0.15, 0.2) is 0 Å². The molecule has 0 unspecified atom stereocenters. The SMILES string of the molecule is CCOC(=O)Oc1c(C)c(-c2ccc(Cc3ccc(OC(F)(F)F)cc3)cc2)nc2cc(Cl)ccc12. The number of nitrogens with zero attached hydrogens (tertiary/aromatic N) is 1. The molecule has 0 saturated carbocycles. The molecule has 4 rings (SSSR count). The van der Waals surface area contributed by atoms with Crippen LogP contribution in [0.1, 0.15) is 23.6 Å². The highest BCUT2D eigenvalue weighted by atomic mass is 35.5. The Hall–Kier alpha value is -3.78. The Labute approximate surface area is 210 Å². The minimum atomic E-state index is -4.72. The van der Waals surface area contributed by atoms with E-state index in [0.29, 0.717) is 39.4 Å². The van der Waals surface area contributed by atoms with Gasteiger partial charge >= 0.3 is 12.5 Å². The standard InChI is InChI=1S/C27H21ClF3NO4/c1-3-34-26(33)35-25-16(2)24(32-23-15-20(28)10-13-22(23)25)19-8-4-17(5-9-19)14-18-6-11-21(12-7-18)36-27(29,30)31/h4-13,15H,3,14H2,1-2H3. The molecule has 0 radical (unpaired) electrons. The van der Waals surface area contributed by atoms with Crippen molar-refractivity contribution in [3.8, 4) is 22.8 Å². The second kappa shape index (κ2) is 10.5. The lowest BCUT2D eigenvalue weighted by molar-refractivity contribution is -0.274. The summed E-state index contributed by atoms with van der Waals surface area (Å²) in [5.41, 5.74) is 4.41. The van der Waals surface area contributed by atoms with Crippen LogP contribution in [0.25, 0.3) is 22.2 Å². The van der Waals surface area contributed by atoms with Crippen molar-refractivity contribution in [3.05, 3.63) is 88.4 Å². The number of carbonyl (C=O) groups is 1. The van der Waals surface area contributed by atoms with Crippen LogP contribution >= 0.6 is 11.6 Å². The first-order valence-corrected chi connectivity index (χ1v) is 11.4. The number of ether oxygens (including phenoxy) is 3. The highest BCUT2D eigenvalue weighted by Gasteiger charge is 2.31. The topological polar surface area (TPSA) is 57.7 Å². The lowest BCUT2D eigenvalue weighted by atomic mass is 9.99. The molecule has 36 heavy (non-hydrogen) atoms. The van der Waals surface area contributed by atoms with E-state index in [0.717, 1.165) is 16.7 Å². The van der Waals surface area contributed by atoms with E-state index in [1.54, 1.807) is 37.3 Å². The van der Waals surface area contributed by atoms with Gasteiger partial charge in [0, 0.05) is 21.5 Å². The lowest BCUT2D eigenvalue weighted by Gasteiger charge is -2.15. The third-order valence-corrected chi connectivity index (χ3v) is 5.61. The summed E-state index contributed by atoms with van der Waals surface area (Å²) in [4.78, 5) is 16.8. The van der Waals surface area contributed by atoms with Crippen LogP contribution in [0.3, 0.4) is 0 Å². The van der Waals surface area contributed by atoms with Crippen molar-refractivity contribution < 1.29 is 32.2 Å². The molecule has 4 aromatic rings. The van der Waals surface area contributed by atoms with Gasteiger partial charge in [-0.25, -0.2) is 9.78 Å². The van der Waals surface area contributed by atoms with E-state index in [9.17, 15) is 18.0 Å². The van der Waals surface area contributed by atoms with Crippen molar-refractivity contribution in [3.63, 3.8) is 0 Å². The summed E-state index contributed by atoms with van der Waals surface area (Å²) in [5, 5.41) is 1.12. The molecule has 0 aliphatic carbocycles. The molecule has 0 fully saturated rings. The Bertz CT molecular complexity index is 1390. The summed E-state index contributed by atoms with van der Waals surface area (Å²) in [6.45, 7) is 3.68. The third kappa shape index (κ3) is 6.07. The molecule has 1 heterocycles. The fraction of sp³-hybridized carbons (Fsp3) is 0.185. The number of pyridine rings is 1. The van der Waals surface area contributed by atoms with E-state index in [1.165, 1.54) is 12.1 Å². The molecule has 9 heteroatoms. The first-order valence-electron chi connectivity index (χ1n) is 11.0. The largest absolute Gasteiger partial charge is 0.573 e. The zero-order valence-corrected chi connectivity index (χ0v) is 20.1. The number of aromatic nitrogens is 1. The molecule has 0 bridgehead atoms. The maximum absolute atomic E-state index is 12.4. The van der Waals surface area contributed by atoms with Crippen LogP contribution in [0, 0.1) is 6.92 Å². The average Bonchev–Trinajstić information content (AvgIpc) is 2.82. The molecule has 0 saturated heterocycles. The minimum absolute atomic E-state index is 0.180. The number of hydrogen-bond donors (Lipinski definition) is 0. The second-order valence-electron chi connectivity index (χ2n) is 7.93. The summed E-state index contributed by atoms with van der Waals surface area (Å²) >= 11 is 6.17. The summed E-state index contributed by atoms with van der Waals surface area (Å²) in [7, 11) is 0. The lowest BCUT2D eigenvalue weighted by Crippen LogP contribution is -2.17. The van der Waals surface area contributed by atoms with Crippen LogP contribution in [0.15, 0.2) is 66.7 Å². The van der Waals surface area contributed by atoms with Gasteiger partial charge in [0.2, 0.25) is 0 Å². The van der Waals surface area contributed by atoms with Crippen LogP contribution in [-0.2, 0) is 11.2 Å². The predicted octanol–water partition coefficient (Wildman–Crippen LogP) is 7.89. The molecule has 1 aromatic heterocycles. The highest BCUT2D eigenvalue weighted by molar-refractivity contribution is 6.31. The fourth-order valence-electron chi connectivity index (χ4n) is 3.77. The van der Waals surface area contributed by atoms with Crippen LogP contribution < -0.4 is 9.47 Å². The van der Waals surface area contributed by atoms with Crippen LogP contribution in [-0.4, -0.2) is 24.1 Å². The van der Waals surface area contributed by atoms with E-state index in [1.807, 2.05) is 31.2 Å². The Morgan fingerprint density at radius 1 is 0.972 bits per heavy atom. The maximum Gasteiger partial charge on any atom is 0.573 e. The van der Waals surface area contributed by atoms with Gasteiger partial charge in [0.25, 0.3) is 0 Å². The van der Waals surface area contributed by atoms with E-state index >= 15 is 0 Å². The number of fused-ring (bicyclic) bond motifs is 1. The predicted molar refractivity (Wildman–Crippen MR) is 131 cm³/mol. The second-order valence-corrected chi connectivity index (χ2v) is 8.36. The summed E-state index contributed by atoms with van der Waals surface area (Å²) in [6, 6.07) is 18.5. The van der Waals surface area contributed by atoms with Crippen molar-refractivity contribution in [1.29, 1.82) is 0 Å². The number of alkyl halides is 3. The van der Waals surface area contributed by atoms with Gasteiger partial charge in [-0.2, -0.15) is 0 Å². The number of halogens is 4. The average molecular weight is 516 g/mol. The molecule has 0 N–H and O–H groups in total. The summed E-state index contributed by atoms with van der Waals surface area (Å²) < 4.78 is 51.5. The van der Waals surface area contributed by atoms with Crippen molar-refractivity contribution >= 4 is 28.7 Å². The van der Waals surface area contributed by atoms with Gasteiger partial charge in [-0.3, -0.25) is 0 Å². The quantitative estimate of drug-likeness (QED) is 0.244. The van der Waals surface area contributed by atoms with E-state index < -0.39 is 12.5 Å². The minimum Gasteiger partial charge on any atom is -0.434 e. The van der Waals surface area contributed by atoms with E-state index in [2.05, 4.69) is 4.74 Å². The number of carbonyl (C=O) groups excluding carboxylic acids is 1. The number of benzene rings is 3. The third-order valence-electron chi connectivity index (χ3n) is 5.37. The fourth-order valence-corrected chi connectivity index (χ4v) is 3.94. The Balaban J connectivity index is 1.62. The first-order chi connectivity index (χ1) is 17.1. The van der Waals surface area contributed by atoms with E-state index in [4.69, 9.17) is 26.1 Å². The Morgan fingerprint density at radius 3 is 2.22 bits per heavy atom. The molecule has 0 atom stereocenters. The van der Waals surface area contributed by atoms with Crippen LogP contribution in [0.2, 0.25) is 5.02 Å². The zero-order valence-electron chi connectivity index (χ0n) is 19.4. The molecular weight excluding hydrogens is 495 g/mol. The first kappa shape index (κ1) is 25.3. The molecular formula is C27H21ClF3NO4. The molecule has 186 valence electrons. The summed E-state index contributed by atoms with van der Waals surface area (Å²) in [5.74, 6) is 0.0794. The number of rotatable bonds is 6. The molecule has 0 aliphatic rings. The highest BCUT2D eigenvalue weighted by Crippen LogP contribution is 2.36.